The van der Waals surface area contributed by atoms with Crippen molar-refractivity contribution in [2.75, 3.05) is 22.9 Å². The lowest BCUT2D eigenvalue weighted by atomic mass is 10.0. The molecule has 6 aromatic rings. The second kappa shape index (κ2) is 12.8. The molecule has 2 aromatic heterocycles. The van der Waals surface area contributed by atoms with Crippen LogP contribution in [0.4, 0.5) is 11.6 Å². The number of aromatic nitrogens is 3. The van der Waals surface area contributed by atoms with Crippen LogP contribution in [-0.4, -0.2) is 41.8 Å². The minimum absolute atomic E-state index is 0.0863. The number of nitrogens with zero attached hydrogens (tertiary/aromatic N) is 4. The zero-order valence-electron chi connectivity index (χ0n) is 26.4. The summed E-state index contributed by atoms with van der Waals surface area (Å²) in [5.74, 6) is 2.10. The molecule has 0 aliphatic carbocycles. The average Bonchev–Trinajstić information content (AvgIpc) is 3.52. The molecule has 1 aliphatic rings. The highest BCUT2D eigenvalue weighted by Gasteiger charge is 2.42. The van der Waals surface area contributed by atoms with Gasteiger partial charge >= 0.3 is 5.82 Å². The van der Waals surface area contributed by atoms with Gasteiger partial charge in [0.1, 0.15) is 15.6 Å². The number of aromatic amines is 1. The Morgan fingerprint density at radius 2 is 1.50 bits per heavy atom. The molecule has 46 heavy (non-hydrogen) atoms. The molecule has 0 amide bonds. The Morgan fingerprint density at radius 3 is 2.20 bits per heavy atom. The fourth-order valence-corrected chi connectivity index (χ4v) is 6.64. The summed E-state index contributed by atoms with van der Waals surface area (Å²) in [6, 6.07) is 33.4. The molecule has 0 radical (unpaired) electrons. The van der Waals surface area contributed by atoms with Crippen LogP contribution in [0, 0.1) is 6.92 Å². The molecule has 9 heteroatoms. The first-order valence-electron chi connectivity index (χ1n) is 15.4. The van der Waals surface area contributed by atoms with Gasteiger partial charge in [0, 0.05) is 30.1 Å². The van der Waals surface area contributed by atoms with Gasteiger partial charge < -0.3 is 14.0 Å². The SMILES string of the molecule is CCN1c2nc3ccccc3[nH+]c2N(CC)C1/C=C/c1c(-c2ccccc2)n(C)c2ccccc12.Cc1ccc(S(=O)(=O)[O-])cc1. The van der Waals surface area contributed by atoms with E-state index in [1.165, 1.54) is 39.9 Å². The molecule has 0 spiro atoms. The van der Waals surface area contributed by atoms with Crippen molar-refractivity contribution in [3.63, 3.8) is 0 Å². The number of rotatable bonds is 6. The third-order valence-corrected chi connectivity index (χ3v) is 9.26. The van der Waals surface area contributed by atoms with Gasteiger partial charge in [0.05, 0.1) is 17.1 Å². The van der Waals surface area contributed by atoms with Crippen molar-refractivity contribution in [1.29, 1.82) is 0 Å². The van der Waals surface area contributed by atoms with Gasteiger partial charge in [-0.1, -0.05) is 84.4 Å². The lowest BCUT2D eigenvalue weighted by Gasteiger charge is -2.23. The number of likely N-dealkylation sites (N-methyl/N-ethyl adjacent to an activating group) is 2. The van der Waals surface area contributed by atoms with Gasteiger partial charge in [-0.15, -0.1) is 0 Å². The summed E-state index contributed by atoms with van der Waals surface area (Å²) < 4.78 is 33.5. The average molecular weight is 632 g/mol. The van der Waals surface area contributed by atoms with Gasteiger partial charge in [-0.25, -0.2) is 23.3 Å². The molecule has 0 bridgehead atoms. The van der Waals surface area contributed by atoms with E-state index < -0.39 is 10.1 Å². The Morgan fingerprint density at radius 1 is 0.848 bits per heavy atom. The lowest BCUT2D eigenvalue weighted by Crippen LogP contribution is -2.42. The maximum Gasteiger partial charge on any atom is 0.320 e. The summed E-state index contributed by atoms with van der Waals surface area (Å²) in [5, 5.41) is 1.27. The number of fused-ring (bicyclic) bond motifs is 3. The first-order chi connectivity index (χ1) is 22.2. The fourth-order valence-electron chi connectivity index (χ4n) is 6.17. The van der Waals surface area contributed by atoms with E-state index in [0.717, 1.165) is 41.3 Å². The Labute approximate surface area is 270 Å². The molecule has 0 fully saturated rings. The van der Waals surface area contributed by atoms with Gasteiger partial charge in [0.25, 0.3) is 0 Å². The zero-order chi connectivity index (χ0) is 32.4. The number of hydrogen-bond donors (Lipinski definition) is 0. The molecular formula is C37H37N5O3S. The quantitative estimate of drug-likeness (QED) is 0.187. The van der Waals surface area contributed by atoms with E-state index >= 15 is 0 Å². The summed E-state index contributed by atoms with van der Waals surface area (Å²) in [7, 11) is -2.11. The van der Waals surface area contributed by atoms with Crippen LogP contribution in [0.1, 0.15) is 25.0 Å². The van der Waals surface area contributed by atoms with Crippen LogP contribution in [0.3, 0.4) is 0 Å². The molecule has 4 aromatic carbocycles. The highest BCUT2D eigenvalue weighted by atomic mass is 32.2. The standard InChI is InChI=1S/C30H29N5.C7H8O3S/c1-4-34-27(35(5-2)30-29(34)31-24-16-10-11-17-25(24)32-30)20-19-23-22-15-9-12-18-26(22)33(3)28(23)21-13-7-6-8-14-21;1-6-2-4-7(5-3-6)11(8,9)10/h6-20,27H,4-5H2,1-3H3;2-5H,1H3,(H,8,9,10)/b20-19+;. The molecule has 8 nitrogen and oxygen atoms in total. The summed E-state index contributed by atoms with van der Waals surface area (Å²) in [6.07, 6.45) is 4.73. The van der Waals surface area contributed by atoms with Crippen LogP contribution in [0.15, 0.2) is 114 Å². The number of nitrogens with one attached hydrogen (secondary N) is 1. The van der Waals surface area contributed by atoms with Crippen LogP contribution in [-0.2, 0) is 17.2 Å². The molecule has 1 aliphatic heterocycles. The van der Waals surface area contributed by atoms with Crippen molar-refractivity contribution < 1.29 is 18.0 Å². The van der Waals surface area contributed by atoms with Crippen molar-refractivity contribution in [3.8, 4) is 11.3 Å². The van der Waals surface area contributed by atoms with Crippen molar-refractivity contribution in [2.45, 2.75) is 31.8 Å². The smallest absolute Gasteiger partial charge is 0.320 e. The van der Waals surface area contributed by atoms with E-state index in [0.29, 0.717) is 0 Å². The predicted molar refractivity (Wildman–Crippen MR) is 185 cm³/mol. The molecule has 1 N–H and O–H groups in total. The van der Waals surface area contributed by atoms with Crippen LogP contribution in [0.2, 0.25) is 0 Å². The summed E-state index contributed by atoms with van der Waals surface area (Å²) in [6.45, 7) is 7.99. The third kappa shape index (κ3) is 5.87. The Hall–Kier alpha value is -4.99. The normalized spacial score (nSPS) is 14.6. The van der Waals surface area contributed by atoms with Gasteiger partial charge in [-0.05, 0) is 62.7 Å². The molecule has 3 heterocycles. The number of hydrogen-bond acceptors (Lipinski definition) is 6. The molecule has 234 valence electrons. The minimum Gasteiger partial charge on any atom is -0.744 e. The van der Waals surface area contributed by atoms with Gasteiger partial charge in [0.2, 0.25) is 5.82 Å². The molecule has 0 saturated heterocycles. The number of para-hydroxylation sites is 3. The van der Waals surface area contributed by atoms with Crippen LogP contribution < -0.4 is 14.8 Å². The summed E-state index contributed by atoms with van der Waals surface area (Å²) in [4.78, 5) is 13.3. The lowest BCUT2D eigenvalue weighted by molar-refractivity contribution is -0.329. The summed E-state index contributed by atoms with van der Waals surface area (Å²) in [5.41, 5.74) is 7.93. The van der Waals surface area contributed by atoms with Crippen molar-refractivity contribution in [1.82, 2.24) is 9.55 Å². The van der Waals surface area contributed by atoms with Crippen LogP contribution in [0.5, 0.6) is 0 Å². The van der Waals surface area contributed by atoms with Crippen molar-refractivity contribution in [2.24, 2.45) is 7.05 Å². The number of benzene rings is 4. The van der Waals surface area contributed by atoms with E-state index in [-0.39, 0.29) is 11.1 Å². The summed E-state index contributed by atoms with van der Waals surface area (Å²) >= 11 is 0. The monoisotopic (exact) mass is 631 g/mol. The van der Waals surface area contributed by atoms with Crippen molar-refractivity contribution >= 4 is 49.8 Å². The highest BCUT2D eigenvalue weighted by Crippen LogP contribution is 2.38. The third-order valence-electron chi connectivity index (χ3n) is 8.41. The van der Waals surface area contributed by atoms with Gasteiger partial charge in [-0.2, -0.15) is 0 Å². The van der Waals surface area contributed by atoms with Crippen molar-refractivity contribution in [3.05, 3.63) is 120 Å². The Balaban J connectivity index is 0.000000288. The van der Waals surface area contributed by atoms with E-state index in [1.807, 2.05) is 13.0 Å². The van der Waals surface area contributed by atoms with Gasteiger partial charge in [-0.3, -0.25) is 0 Å². The van der Waals surface area contributed by atoms with Gasteiger partial charge in [0.15, 0.2) is 11.7 Å². The number of H-pyrrole nitrogens is 1. The highest BCUT2D eigenvalue weighted by molar-refractivity contribution is 7.85. The van der Waals surface area contributed by atoms with E-state index in [2.05, 4.69) is 125 Å². The molecule has 7 rings (SSSR count). The minimum atomic E-state index is -4.27. The molecular weight excluding hydrogens is 595 g/mol. The van der Waals surface area contributed by atoms with Crippen LogP contribution in [0.25, 0.3) is 39.3 Å². The topological polar surface area (TPSA) is 95.6 Å². The van der Waals surface area contributed by atoms with E-state index in [1.54, 1.807) is 12.1 Å². The number of aryl methyl sites for hydroxylation is 2. The zero-order valence-corrected chi connectivity index (χ0v) is 27.2. The van der Waals surface area contributed by atoms with E-state index in [9.17, 15) is 13.0 Å². The fraction of sp³-hybridized carbons (Fsp3) is 0.189. The number of anilines is 2. The Kier molecular flexibility index (Phi) is 8.62. The largest absolute Gasteiger partial charge is 0.744 e. The van der Waals surface area contributed by atoms with E-state index in [4.69, 9.17) is 4.98 Å². The maximum absolute atomic E-state index is 10.4. The molecule has 1 unspecified atom stereocenters. The Bertz CT molecular complexity index is 2090. The second-order valence-corrected chi connectivity index (χ2v) is 12.6. The molecule has 0 saturated carbocycles. The second-order valence-electron chi connectivity index (χ2n) is 11.2. The maximum atomic E-state index is 10.4. The van der Waals surface area contributed by atoms with Crippen LogP contribution >= 0.6 is 0 Å². The molecule has 1 atom stereocenters. The first kappa shape index (κ1) is 31.0. The first-order valence-corrected chi connectivity index (χ1v) is 16.8. The predicted octanol–water partition coefficient (Wildman–Crippen LogP) is 6.81.